The zero-order valence-electron chi connectivity index (χ0n) is 26.1. The van der Waals surface area contributed by atoms with Crippen LogP contribution in [0.15, 0.2) is 11.6 Å². The lowest BCUT2D eigenvalue weighted by molar-refractivity contribution is -0.211. The lowest BCUT2D eigenvalue weighted by Crippen LogP contribution is -2.66. The topological polar surface area (TPSA) is 118 Å². The smallest absolute Gasteiger partial charge is 0.309 e. The molecule has 2 N–H and O–H groups in total. The van der Waals surface area contributed by atoms with Crippen molar-refractivity contribution in [3.8, 4) is 0 Å². The number of esters is 1. The van der Waals surface area contributed by atoms with E-state index in [-0.39, 0.29) is 69.6 Å². The summed E-state index contributed by atoms with van der Waals surface area (Å²) in [5, 5.41) is 19.1. The highest BCUT2D eigenvalue weighted by atomic mass is 16.5. The second kappa shape index (κ2) is 9.41. The van der Waals surface area contributed by atoms with Crippen molar-refractivity contribution < 1.29 is 34.1 Å². The van der Waals surface area contributed by atoms with E-state index in [0.29, 0.717) is 19.3 Å². The largest absolute Gasteiger partial charge is 0.481 e. The number of carboxylic acids is 2. The highest BCUT2D eigenvalue weighted by Crippen LogP contribution is 2.75. The van der Waals surface area contributed by atoms with Crippen LogP contribution < -0.4 is 0 Å². The standard InChI is InChI=1S/C34H50O7/c1-29(2)23-10-13-34(7)27(32(23,5)12-11-24(29)41-26(38)9-8-25(36)37)22(35)18-20-21-19-31(4,28(39)40)15-14-30(21,3)16-17-33(20,34)6/h18,21,23-24,27H,8-17,19H2,1-7H3,(H,36,37)(H,39,40)/t21-,23?,24+,27-,30-,31?,32+,33-,34-/m0/s1. The number of hydrogen-bond acceptors (Lipinski definition) is 5. The molecule has 0 bridgehead atoms. The number of rotatable bonds is 5. The van der Waals surface area contributed by atoms with E-state index in [2.05, 4.69) is 41.5 Å². The van der Waals surface area contributed by atoms with Gasteiger partial charge in [0, 0.05) is 11.3 Å². The molecule has 5 rings (SSSR count). The van der Waals surface area contributed by atoms with Crippen LogP contribution in [0.5, 0.6) is 0 Å². The third-order valence-corrected chi connectivity index (χ3v) is 13.8. The molecule has 0 aromatic heterocycles. The van der Waals surface area contributed by atoms with Gasteiger partial charge in [-0.05, 0) is 104 Å². The van der Waals surface area contributed by atoms with Gasteiger partial charge >= 0.3 is 17.9 Å². The molecule has 0 amide bonds. The first kappa shape index (κ1) is 30.3. The van der Waals surface area contributed by atoms with Gasteiger partial charge in [0.15, 0.2) is 5.78 Å². The number of aliphatic carboxylic acids is 2. The highest BCUT2D eigenvalue weighted by molar-refractivity contribution is 5.95. The van der Waals surface area contributed by atoms with Crippen molar-refractivity contribution in [1.82, 2.24) is 0 Å². The van der Waals surface area contributed by atoms with E-state index >= 15 is 0 Å². The molecule has 0 radical (unpaired) electrons. The van der Waals surface area contributed by atoms with Crippen molar-refractivity contribution in [2.24, 2.45) is 50.2 Å². The fraction of sp³-hybridized carbons (Fsp3) is 0.824. The minimum absolute atomic E-state index is 0.0233. The van der Waals surface area contributed by atoms with Crippen LogP contribution in [0.1, 0.15) is 119 Å². The van der Waals surface area contributed by atoms with Crippen LogP contribution >= 0.6 is 0 Å². The number of ketones is 1. The zero-order chi connectivity index (χ0) is 30.4. The van der Waals surface area contributed by atoms with E-state index in [4.69, 9.17) is 9.84 Å². The molecule has 0 saturated heterocycles. The van der Waals surface area contributed by atoms with Gasteiger partial charge in [0.25, 0.3) is 0 Å². The van der Waals surface area contributed by atoms with Gasteiger partial charge in [0.2, 0.25) is 0 Å². The molecule has 5 aliphatic carbocycles. The normalized spacial score (nSPS) is 46.6. The molecule has 41 heavy (non-hydrogen) atoms. The molecule has 4 fully saturated rings. The fourth-order valence-corrected chi connectivity index (χ4v) is 11.0. The van der Waals surface area contributed by atoms with Crippen molar-refractivity contribution in [3.63, 3.8) is 0 Å². The van der Waals surface area contributed by atoms with Crippen molar-refractivity contribution in [3.05, 3.63) is 11.6 Å². The number of hydrogen-bond donors (Lipinski definition) is 2. The number of allylic oxidation sites excluding steroid dienone is 2. The Morgan fingerprint density at radius 2 is 1.54 bits per heavy atom. The summed E-state index contributed by atoms with van der Waals surface area (Å²) in [6, 6.07) is 0. The third-order valence-electron chi connectivity index (χ3n) is 13.8. The molecule has 0 aliphatic heterocycles. The van der Waals surface area contributed by atoms with E-state index in [1.54, 1.807) is 0 Å². The Balaban J connectivity index is 1.49. The minimum atomic E-state index is -1.01. The van der Waals surface area contributed by atoms with E-state index in [1.807, 2.05) is 13.0 Å². The van der Waals surface area contributed by atoms with Crippen LogP contribution in [-0.2, 0) is 23.9 Å². The SMILES string of the molecule is CC1(C(=O)O)CC[C@@]2(C)CC[C@@]3(C)C(=CC(=O)[C@@H]4[C@]3(C)CCC3C(C)(C)[C@H](OC(=O)CCC(=O)O)CC[C@]34C)[C@@H]2C1. The number of carbonyl (C=O) groups is 4. The van der Waals surface area contributed by atoms with Crippen LogP contribution in [0.4, 0.5) is 0 Å². The number of fused-ring (bicyclic) bond motifs is 7. The van der Waals surface area contributed by atoms with Gasteiger partial charge in [-0.3, -0.25) is 19.2 Å². The average molecular weight is 571 g/mol. The van der Waals surface area contributed by atoms with E-state index < -0.39 is 23.3 Å². The van der Waals surface area contributed by atoms with Crippen molar-refractivity contribution in [2.45, 2.75) is 125 Å². The van der Waals surface area contributed by atoms with Gasteiger partial charge in [-0.2, -0.15) is 0 Å². The van der Waals surface area contributed by atoms with Crippen molar-refractivity contribution >= 4 is 23.7 Å². The number of carboxylic acid groups (broad SMARTS) is 2. The Morgan fingerprint density at radius 1 is 0.878 bits per heavy atom. The van der Waals surface area contributed by atoms with E-state index in [9.17, 15) is 24.3 Å². The molecule has 0 spiro atoms. The van der Waals surface area contributed by atoms with Gasteiger partial charge in [-0.25, -0.2) is 0 Å². The Bertz CT molecular complexity index is 1200. The lowest BCUT2D eigenvalue weighted by Gasteiger charge is -2.70. The maximum atomic E-state index is 14.5. The minimum Gasteiger partial charge on any atom is -0.481 e. The van der Waals surface area contributed by atoms with E-state index in [0.717, 1.165) is 38.5 Å². The van der Waals surface area contributed by atoms with Gasteiger partial charge in [-0.1, -0.05) is 47.1 Å². The summed E-state index contributed by atoms with van der Waals surface area (Å²) in [6.07, 6.45) is 8.80. The molecule has 4 saturated carbocycles. The number of carbonyl (C=O) groups excluding carboxylic acids is 2. The summed E-state index contributed by atoms with van der Waals surface area (Å²) in [6.45, 7) is 15.5. The maximum absolute atomic E-state index is 14.5. The summed E-state index contributed by atoms with van der Waals surface area (Å²) in [7, 11) is 0. The quantitative estimate of drug-likeness (QED) is 0.348. The van der Waals surface area contributed by atoms with Crippen molar-refractivity contribution in [2.75, 3.05) is 0 Å². The molecule has 9 atom stereocenters. The van der Waals surface area contributed by atoms with E-state index in [1.165, 1.54) is 5.57 Å². The fourth-order valence-electron chi connectivity index (χ4n) is 11.0. The van der Waals surface area contributed by atoms with Crippen LogP contribution in [0, 0.1) is 50.2 Å². The molecule has 7 nitrogen and oxygen atoms in total. The predicted octanol–water partition coefficient (Wildman–Crippen LogP) is 6.83. The van der Waals surface area contributed by atoms with Gasteiger partial charge in [0.1, 0.15) is 6.10 Å². The van der Waals surface area contributed by atoms with Crippen LogP contribution in [0.25, 0.3) is 0 Å². The summed E-state index contributed by atoms with van der Waals surface area (Å²) in [5.74, 6) is -1.87. The third kappa shape index (κ3) is 4.25. The van der Waals surface area contributed by atoms with Crippen LogP contribution in [-0.4, -0.2) is 40.0 Å². The Labute approximate surface area is 244 Å². The molecular weight excluding hydrogens is 520 g/mol. The Kier molecular flexibility index (Phi) is 6.95. The van der Waals surface area contributed by atoms with Crippen LogP contribution in [0.2, 0.25) is 0 Å². The summed E-state index contributed by atoms with van der Waals surface area (Å²) >= 11 is 0. The lowest BCUT2D eigenvalue weighted by atomic mass is 9.33. The first-order chi connectivity index (χ1) is 18.8. The summed E-state index contributed by atoms with van der Waals surface area (Å²) in [5.41, 5.74) is -0.553. The summed E-state index contributed by atoms with van der Waals surface area (Å²) < 4.78 is 5.91. The molecular formula is C34H50O7. The molecule has 0 aromatic carbocycles. The Morgan fingerprint density at radius 3 is 2.17 bits per heavy atom. The highest BCUT2D eigenvalue weighted by Gasteiger charge is 2.70. The molecule has 228 valence electrons. The molecule has 2 unspecified atom stereocenters. The van der Waals surface area contributed by atoms with Crippen LogP contribution in [0.3, 0.4) is 0 Å². The first-order valence-corrected chi connectivity index (χ1v) is 15.7. The van der Waals surface area contributed by atoms with Crippen molar-refractivity contribution in [1.29, 1.82) is 0 Å². The second-order valence-corrected chi connectivity index (χ2v) is 16.3. The molecule has 7 heteroatoms. The summed E-state index contributed by atoms with van der Waals surface area (Å²) in [4.78, 5) is 50.3. The Hall–Kier alpha value is -2.18. The number of ether oxygens (including phenoxy) is 1. The van der Waals surface area contributed by atoms with Gasteiger partial charge < -0.3 is 14.9 Å². The predicted molar refractivity (Wildman–Crippen MR) is 154 cm³/mol. The van der Waals surface area contributed by atoms with Gasteiger partial charge in [-0.15, -0.1) is 0 Å². The average Bonchev–Trinajstić information content (AvgIpc) is 2.86. The second-order valence-electron chi connectivity index (χ2n) is 16.3. The first-order valence-electron chi connectivity index (χ1n) is 15.7. The monoisotopic (exact) mass is 570 g/mol. The van der Waals surface area contributed by atoms with Gasteiger partial charge in [0.05, 0.1) is 18.3 Å². The molecule has 5 aliphatic rings. The molecule has 0 aromatic rings. The molecule has 0 heterocycles. The maximum Gasteiger partial charge on any atom is 0.309 e. The zero-order valence-corrected chi connectivity index (χ0v) is 26.1.